The van der Waals surface area contributed by atoms with Crippen LogP contribution in [0.15, 0.2) is 24.3 Å². The predicted molar refractivity (Wildman–Crippen MR) is 124 cm³/mol. The summed E-state index contributed by atoms with van der Waals surface area (Å²) in [6.45, 7) is 13.8. The maximum Gasteiger partial charge on any atom is 0.410 e. The van der Waals surface area contributed by atoms with Crippen LogP contribution in [-0.2, 0) is 16.0 Å². The van der Waals surface area contributed by atoms with Gasteiger partial charge in [-0.2, -0.15) is 0 Å². The van der Waals surface area contributed by atoms with E-state index in [2.05, 4.69) is 26.5 Å². The van der Waals surface area contributed by atoms with Gasteiger partial charge >= 0.3 is 12.1 Å². The van der Waals surface area contributed by atoms with Crippen LogP contribution in [0.25, 0.3) is 0 Å². The maximum atomic E-state index is 12.4. The van der Waals surface area contributed by atoms with Crippen molar-refractivity contribution in [2.45, 2.75) is 32.9 Å². The van der Waals surface area contributed by atoms with Crippen LogP contribution < -0.4 is 10.6 Å². The van der Waals surface area contributed by atoms with Gasteiger partial charge in [-0.05, 0) is 32.4 Å². The van der Waals surface area contributed by atoms with Crippen LogP contribution in [0.2, 0.25) is 0 Å². The highest BCUT2D eigenvalue weighted by Gasteiger charge is 2.25. The second-order valence-electron chi connectivity index (χ2n) is 9.24. The van der Waals surface area contributed by atoms with Crippen molar-refractivity contribution in [3.63, 3.8) is 0 Å². The van der Waals surface area contributed by atoms with Crippen LogP contribution in [0.5, 0.6) is 0 Å². The van der Waals surface area contributed by atoms with Crippen LogP contribution in [0.1, 0.15) is 26.3 Å². The number of ether oxygens (including phenoxy) is 2. The molecule has 2 fully saturated rings. The van der Waals surface area contributed by atoms with E-state index in [1.807, 2.05) is 39.0 Å². The normalized spacial score (nSPS) is 18.3. The lowest BCUT2D eigenvalue weighted by atomic mass is 10.1. The zero-order chi connectivity index (χ0) is 23.0. The minimum Gasteiger partial charge on any atom is -0.444 e. The molecule has 2 saturated heterocycles. The first-order valence-electron chi connectivity index (χ1n) is 11.4. The summed E-state index contributed by atoms with van der Waals surface area (Å²) >= 11 is 0. The number of urea groups is 1. The molecule has 0 unspecified atom stereocenters. The van der Waals surface area contributed by atoms with E-state index in [4.69, 9.17) is 9.47 Å². The number of benzene rings is 1. The molecule has 2 heterocycles. The highest BCUT2D eigenvalue weighted by molar-refractivity contribution is 5.90. The van der Waals surface area contributed by atoms with Gasteiger partial charge in [-0.3, -0.25) is 9.80 Å². The van der Waals surface area contributed by atoms with Crippen molar-refractivity contribution < 1.29 is 19.1 Å². The van der Waals surface area contributed by atoms with Crippen LogP contribution in [-0.4, -0.2) is 98.0 Å². The number of anilines is 1. The fraction of sp³-hybridized carbons (Fsp3) is 0.652. The fourth-order valence-electron chi connectivity index (χ4n) is 3.75. The number of piperazine rings is 1. The van der Waals surface area contributed by atoms with Gasteiger partial charge in [0, 0.05) is 64.6 Å². The zero-order valence-electron chi connectivity index (χ0n) is 19.6. The summed E-state index contributed by atoms with van der Waals surface area (Å²) in [5.74, 6) is 0. The molecule has 0 radical (unpaired) electrons. The Morgan fingerprint density at radius 2 is 1.69 bits per heavy atom. The third-order valence-corrected chi connectivity index (χ3v) is 5.50. The second-order valence-corrected chi connectivity index (χ2v) is 9.24. The van der Waals surface area contributed by atoms with Crippen LogP contribution in [0.3, 0.4) is 0 Å². The van der Waals surface area contributed by atoms with Gasteiger partial charge in [0.1, 0.15) is 5.60 Å². The Kier molecular flexibility index (Phi) is 8.72. The summed E-state index contributed by atoms with van der Waals surface area (Å²) in [5.41, 5.74) is 1.46. The molecule has 9 nitrogen and oxygen atoms in total. The molecular weight excluding hydrogens is 410 g/mol. The van der Waals surface area contributed by atoms with Crippen molar-refractivity contribution in [3.05, 3.63) is 29.8 Å². The van der Waals surface area contributed by atoms with E-state index < -0.39 is 5.60 Å². The summed E-state index contributed by atoms with van der Waals surface area (Å²) in [4.78, 5) is 30.9. The average Bonchev–Trinajstić information content (AvgIpc) is 2.75. The molecule has 0 aromatic heterocycles. The molecular formula is C23H37N5O4. The first kappa shape index (κ1) is 24.3. The van der Waals surface area contributed by atoms with E-state index in [-0.39, 0.29) is 12.1 Å². The van der Waals surface area contributed by atoms with E-state index in [0.717, 1.165) is 63.7 Å². The number of carbonyl (C=O) groups excluding carboxylic acids is 2. The number of hydrogen-bond acceptors (Lipinski definition) is 6. The minimum atomic E-state index is -0.480. The molecule has 0 spiro atoms. The molecule has 9 heteroatoms. The quantitative estimate of drug-likeness (QED) is 0.695. The lowest BCUT2D eigenvalue weighted by Gasteiger charge is -2.35. The number of carbonyl (C=O) groups is 2. The molecule has 0 atom stereocenters. The number of para-hydroxylation sites is 1. The molecule has 2 aliphatic rings. The largest absolute Gasteiger partial charge is 0.444 e. The highest BCUT2D eigenvalue weighted by Crippen LogP contribution is 2.18. The second kappa shape index (κ2) is 11.5. The van der Waals surface area contributed by atoms with Gasteiger partial charge < -0.3 is 25.0 Å². The summed E-state index contributed by atoms with van der Waals surface area (Å²) in [5, 5.41) is 5.93. The van der Waals surface area contributed by atoms with Gasteiger partial charge in [0.15, 0.2) is 0 Å². The first-order valence-corrected chi connectivity index (χ1v) is 11.4. The molecule has 0 bridgehead atoms. The van der Waals surface area contributed by atoms with Crippen molar-refractivity contribution in [1.29, 1.82) is 0 Å². The molecule has 1 aromatic rings. The van der Waals surface area contributed by atoms with E-state index in [1.165, 1.54) is 0 Å². The number of amides is 3. The fourth-order valence-corrected chi connectivity index (χ4v) is 3.75. The third kappa shape index (κ3) is 7.96. The highest BCUT2D eigenvalue weighted by atomic mass is 16.6. The van der Waals surface area contributed by atoms with Crippen molar-refractivity contribution >= 4 is 17.8 Å². The molecule has 0 saturated carbocycles. The Morgan fingerprint density at radius 1 is 1.00 bits per heavy atom. The van der Waals surface area contributed by atoms with Gasteiger partial charge in [0.25, 0.3) is 0 Å². The van der Waals surface area contributed by atoms with E-state index in [1.54, 1.807) is 4.90 Å². The standard InChI is InChI=1S/C23H37N5O4/c1-23(2,3)32-22(30)28-12-10-26(11-13-28)9-8-24-21(29)25-20-7-5-4-6-19(20)18-27-14-16-31-17-15-27/h4-7H,8-18H2,1-3H3,(H2,24,25,29). The molecule has 2 aliphatic heterocycles. The van der Waals surface area contributed by atoms with Crippen LogP contribution >= 0.6 is 0 Å². The number of nitrogens with zero attached hydrogens (tertiary/aromatic N) is 3. The lowest BCUT2D eigenvalue weighted by Crippen LogP contribution is -2.51. The van der Waals surface area contributed by atoms with Gasteiger partial charge in [-0.1, -0.05) is 18.2 Å². The summed E-state index contributed by atoms with van der Waals surface area (Å²) in [6, 6.07) is 7.71. The Morgan fingerprint density at radius 3 is 2.38 bits per heavy atom. The van der Waals surface area contributed by atoms with Crippen molar-refractivity contribution in [2.24, 2.45) is 0 Å². The average molecular weight is 448 g/mol. The number of nitrogens with one attached hydrogen (secondary N) is 2. The monoisotopic (exact) mass is 447 g/mol. The van der Waals surface area contributed by atoms with E-state index in [9.17, 15) is 9.59 Å². The molecule has 0 aliphatic carbocycles. The molecule has 3 amide bonds. The Bertz CT molecular complexity index is 753. The molecule has 2 N–H and O–H groups in total. The van der Waals surface area contributed by atoms with Crippen molar-refractivity contribution in [1.82, 2.24) is 20.0 Å². The van der Waals surface area contributed by atoms with Crippen LogP contribution in [0, 0.1) is 0 Å². The summed E-state index contributed by atoms with van der Waals surface area (Å²) < 4.78 is 10.8. The summed E-state index contributed by atoms with van der Waals surface area (Å²) in [6.07, 6.45) is -0.259. The third-order valence-electron chi connectivity index (χ3n) is 5.50. The Labute approximate surface area is 191 Å². The van der Waals surface area contributed by atoms with Crippen molar-refractivity contribution in [3.8, 4) is 0 Å². The van der Waals surface area contributed by atoms with E-state index in [0.29, 0.717) is 19.6 Å². The molecule has 178 valence electrons. The maximum absolute atomic E-state index is 12.4. The Balaban J connectivity index is 1.37. The Hall–Kier alpha value is -2.36. The van der Waals surface area contributed by atoms with Gasteiger partial charge in [-0.15, -0.1) is 0 Å². The summed E-state index contributed by atoms with van der Waals surface area (Å²) in [7, 11) is 0. The van der Waals surface area contributed by atoms with Gasteiger partial charge in [0.2, 0.25) is 0 Å². The number of morpholine rings is 1. The molecule has 1 aromatic carbocycles. The zero-order valence-corrected chi connectivity index (χ0v) is 19.6. The smallest absolute Gasteiger partial charge is 0.410 e. The van der Waals surface area contributed by atoms with Crippen molar-refractivity contribution in [2.75, 3.05) is 70.9 Å². The van der Waals surface area contributed by atoms with Gasteiger partial charge in [-0.25, -0.2) is 9.59 Å². The number of rotatable bonds is 6. The molecule has 3 rings (SSSR count). The molecule has 32 heavy (non-hydrogen) atoms. The topological polar surface area (TPSA) is 86.4 Å². The predicted octanol–water partition coefficient (Wildman–Crippen LogP) is 2.19. The minimum absolute atomic E-state index is 0.202. The van der Waals surface area contributed by atoms with Gasteiger partial charge in [0.05, 0.1) is 13.2 Å². The first-order chi connectivity index (χ1) is 15.3. The van der Waals surface area contributed by atoms with E-state index >= 15 is 0 Å². The SMILES string of the molecule is CC(C)(C)OC(=O)N1CCN(CCNC(=O)Nc2ccccc2CN2CCOCC2)CC1. The lowest BCUT2D eigenvalue weighted by molar-refractivity contribution is 0.0147. The number of hydrogen-bond donors (Lipinski definition) is 2. The van der Waals surface area contributed by atoms with Crippen LogP contribution in [0.4, 0.5) is 15.3 Å².